The van der Waals surface area contributed by atoms with Gasteiger partial charge in [0.05, 0.1) is 0 Å². The van der Waals surface area contributed by atoms with Crippen molar-refractivity contribution in [2.75, 3.05) is 14.2 Å². The molecule has 0 saturated carbocycles. The minimum atomic E-state index is -1.12. The highest BCUT2D eigenvalue weighted by atomic mass is 28.3. The van der Waals surface area contributed by atoms with Crippen molar-refractivity contribution in [2.24, 2.45) is 0 Å². The molecular weight excluding hydrogens is 96.1 g/mol. The molecule has 0 amide bonds. The average molecular weight is 104 g/mol. The SMILES string of the molecule is [CH2][Si](OC)OC. The van der Waals surface area contributed by atoms with Gasteiger partial charge in [-0.15, -0.1) is 0 Å². The quantitative estimate of drug-likeness (QED) is 0.464. The molecule has 0 atom stereocenters. The van der Waals surface area contributed by atoms with Gasteiger partial charge in [0.1, 0.15) is 0 Å². The second kappa shape index (κ2) is 3.33. The molecule has 0 N–H and O–H groups in total. The Morgan fingerprint density at radius 3 is 1.67 bits per heavy atom. The van der Waals surface area contributed by atoms with Crippen LogP contribution < -0.4 is 0 Å². The Bertz CT molecular complexity index is 28.0. The summed E-state index contributed by atoms with van der Waals surface area (Å²) in [7, 11) is 2.06. The maximum atomic E-state index is 4.67. The van der Waals surface area contributed by atoms with Crippen molar-refractivity contribution in [3.63, 3.8) is 0 Å². The Morgan fingerprint density at radius 1 is 1.33 bits per heavy atom. The first-order chi connectivity index (χ1) is 2.81. The molecule has 0 aromatic rings. The Morgan fingerprint density at radius 2 is 1.67 bits per heavy atom. The fraction of sp³-hybridized carbons (Fsp3) is 0.667. The fourth-order valence-electron chi connectivity index (χ4n) is 0.0833. The van der Waals surface area contributed by atoms with Crippen LogP contribution in [0, 0.1) is 6.55 Å². The lowest BCUT2D eigenvalue weighted by atomic mass is 11.8. The van der Waals surface area contributed by atoms with E-state index < -0.39 is 9.28 Å². The largest absolute Gasteiger partial charge is 0.397 e. The molecule has 2 nitrogen and oxygen atoms in total. The molecule has 36 valence electrons. The number of hydrogen-bond donors (Lipinski definition) is 0. The molecule has 0 aromatic heterocycles. The van der Waals surface area contributed by atoms with Gasteiger partial charge in [0.2, 0.25) is 0 Å². The predicted molar refractivity (Wildman–Crippen MR) is 25.1 cm³/mol. The van der Waals surface area contributed by atoms with E-state index in [1.165, 1.54) is 0 Å². The van der Waals surface area contributed by atoms with Crippen LogP contribution in [0.25, 0.3) is 0 Å². The molecule has 0 saturated heterocycles. The molecule has 0 unspecified atom stereocenters. The summed E-state index contributed by atoms with van der Waals surface area (Å²) in [6.07, 6.45) is 0. The smallest absolute Gasteiger partial charge is 0.383 e. The van der Waals surface area contributed by atoms with E-state index in [-0.39, 0.29) is 0 Å². The van der Waals surface area contributed by atoms with E-state index in [9.17, 15) is 0 Å². The zero-order valence-electron chi connectivity index (χ0n) is 4.02. The first-order valence-electron chi connectivity index (χ1n) is 1.58. The third-order valence-corrected chi connectivity index (χ3v) is 1.37. The normalized spacial score (nSPS) is 10.0. The van der Waals surface area contributed by atoms with Crippen molar-refractivity contribution in [1.82, 2.24) is 0 Å². The minimum absolute atomic E-state index is 1.12. The highest BCUT2D eigenvalue weighted by Crippen LogP contribution is 1.75. The third-order valence-electron chi connectivity index (χ3n) is 0.455. The molecule has 0 rings (SSSR count). The lowest BCUT2D eigenvalue weighted by Crippen LogP contribution is -2.13. The van der Waals surface area contributed by atoms with Crippen LogP contribution in [0.1, 0.15) is 0 Å². The maximum absolute atomic E-state index is 4.67. The second-order valence-electron chi connectivity index (χ2n) is 0.780. The molecular formula is C3H8O2Si. The molecule has 0 bridgehead atoms. The van der Waals surface area contributed by atoms with Gasteiger partial charge in [-0.25, -0.2) is 0 Å². The van der Waals surface area contributed by atoms with Crippen LogP contribution in [0.2, 0.25) is 0 Å². The van der Waals surface area contributed by atoms with Gasteiger partial charge in [0.25, 0.3) is 0 Å². The van der Waals surface area contributed by atoms with Gasteiger partial charge in [-0.1, -0.05) is 0 Å². The lowest BCUT2D eigenvalue weighted by Gasteiger charge is -1.98. The number of hydrogen-bond acceptors (Lipinski definition) is 2. The number of rotatable bonds is 2. The van der Waals surface area contributed by atoms with Crippen LogP contribution in [0.4, 0.5) is 0 Å². The van der Waals surface area contributed by atoms with Gasteiger partial charge in [-0.05, 0) is 6.55 Å². The van der Waals surface area contributed by atoms with Crippen LogP contribution in [-0.4, -0.2) is 23.5 Å². The van der Waals surface area contributed by atoms with Crippen molar-refractivity contribution < 1.29 is 8.85 Å². The molecule has 2 radical (unpaired) electrons. The van der Waals surface area contributed by atoms with Crippen LogP contribution in [0.15, 0.2) is 0 Å². The van der Waals surface area contributed by atoms with Crippen molar-refractivity contribution in [1.29, 1.82) is 0 Å². The van der Waals surface area contributed by atoms with Gasteiger partial charge in [0.15, 0.2) is 0 Å². The zero-order valence-corrected chi connectivity index (χ0v) is 5.02. The Kier molecular flexibility index (Phi) is 3.41. The van der Waals surface area contributed by atoms with E-state index in [4.69, 9.17) is 0 Å². The second-order valence-corrected chi connectivity index (χ2v) is 2.34. The molecule has 0 spiro atoms. The summed E-state index contributed by atoms with van der Waals surface area (Å²) in [5, 5.41) is 0. The predicted octanol–water partition coefficient (Wildman–Crippen LogP) is 0.141. The molecule has 0 aliphatic heterocycles. The van der Waals surface area contributed by atoms with E-state index in [0.29, 0.717) is 0 Å². The van der Waals surface area contributed by atoms with Gasteiger partial charge in [-0.2, -0.15) is 0 Å². The molecule has 0 aromatic carbocycles. The Labute approximate surface area is 39.9 Å². The molecule has 0 fully saturated rings. The Hall–Kier alpha value is 0.137. The summed E-state index contributed by atoms with van der Waals surface area (Å²) >= 11 is 0. The van der Waals surface area contributed by atoms with E-state index in [2.05, 4.69) is 15.4 Å². The third kappa shape index (κ3) is 2.38. The molecule has 3 heteroatoms. The molecule has 6 heavy (non-hydrogen) atoms. The summed E-state index contributed by atoms with van der Waals surface area (Å²) in [6, 6.07) is 0. The topological polar surface area (TPSA) is 18.5 Å². The zero-order chi connectivity index (χ0) is 4.99. The first-order valence-corrected chi connectivity index (χ1v) is 3.10. The van der Waals surface area contributed by atoms with E-state index in [1.807, 2.05) is 0 Å². The monoisotopic (exact) mass is 104 g/mol. The van der Waals surface area contributed by atoms with E-state index in [0.717, 1.165) is 0 Å². The van der Waals surface area contributed by atoms with Crippen LogP contribution in [0.5, 0.6) is 0 Å². The van der Waals surface area contributed by atoms with Gasteiger partial charge in [-0.3, -0.25) is 0 Å². The van der Waals surface area contributed by atoms with Gasteiger partial charge >= 0.3 is 9.28 Å². The Balaban J connectivity index is 2.75. The van der Waals surface area contributed by atoms with E-state index in [1.54, 1.807) is 14.2 Å². The van der Waals surface area contributed by atoms with Crippen molar-refractivity contribution in [3.05, 3.63) is 6.55 Å². The van der Waals surface area contributed by atoms with Crippen molar-refractivity contribution in [3.8, 4) is 0 Å². The highest BCUT2D eigenvalue weighted by molar-refractivity contribution is 6.46. The van der Waals surface area contributed by atoms with Crippen molar-refractivity contribution >= 4 is 9.28 Å². The van der Waals surface area contributed by atoms with Crippen molar-refractivity contribution in [2.45, 2.75) is 0 Å². The van der Waals surface area contributed by atoms with E-state index >= 15 is 0 Å². The summed E-state index contributed by atoms with van der Waals surface area (Å²) in [6.45, 7) is 3.53. The summed E-state index contributed by atoms with van der Waals surface area (Å²) < 4.78 is 9.34. The summed E-state index contributed by atoms with van der Waals surface area (Å²) in [5.74, 6) is 0. The maximum Gasteiger partial charge on any atom is 0.383 e. The fourth-order valence-corrected chi connectivity index (χ4v) is 0.250. The van der Waals surface area contributed by atoms with Gasteiger partial charge < -0.3 is 8.85 Å². The van der Waals surface area contributed by atoms with Crippen LogP contribution in [0.3, 0.4) is 0 Å². The van der Waals surface area contributed by atoms with Gasteiger partial charge in [0, 0.05) is 14.2 Å². The first kappa shape index (κ1) is 6.14. The van der Waals surface area contributed by atoms with Crippen LogP contribution in [-0.2, 0) is 8.85 Å². The molecule has 0 heterocycles. The standard InChI is InChI=1S/C3H8O2Si/c1-4-6(3)5-2/h3H2,1-2H3. The summed E-state index contributed by atoms with van der Waals surface area (Å²) in [5.41, 5.74) is 0. The lowest BCUT2D eigenvalue weighted by molar-refractivity contribution is 0.290. The average Bonchev–Trinajstić information content (AvgIpc) is 1.65. The molecule has 0 aliphatic rings. The van der Waals surface area contributed by atoms with Crippen LogP contribution >= 0.6 is 0 Å². The summed E-state index contributed by atoms with van der Waals surface area (Å²) in [4.78, 5) is 0. The highest BCUT2D eigenvalue weighted by Gasteiger charge is 1.97. The molecule has 0 aliphatic carbocycles. The minimum Gasteiger partial charge on any atom is -0.397 e.